The molecule has 2 aliphatic rings. The van der Waals surface area contributed by atoms with Gasteiger partial charge in [-0.3, -0.25) is 0 Å². The zero-order valence-electron chi connectivity index (χ0n) is 9.71. The highest BCUT2D eigenvalue weighted by Crippen LogP contribution is 2.33. The SMILES string of the molecule is CCCNC(C1CCC1)C1CSCCO1. The molecule has 1 heterocycles. The zero-order valence-corrected chi connectivity index (χ0v) is 10.5. The molecule has 0 amide bonds. The third-order valence-corrected chi connectivity index (χ3v) is 4.55. The van der Waals surface area contributed by atoms with Crippen molar-refractivity contribution in [2.24, 2.45) is 5.92 Å². The minimum atomic E-state index is 0.473. The number of nitrogens with one attached hydrogen (secondary N) is 1. The molecule has 0 aromatic carbocycles. The monoisotopic (exact) mass is 229 g/mol. The molecule has 0 bridgehead atoms. The molecule has 3 heteroatoms. The van der Waals surface area contributed by atoms with E-state index in [1.807, 2.05) is 0 Å². The second kappa shape index (κ2) is 6.12. The molecule has 15 heavy (non-hydrogen) atoms. The predicted molar refractivity (Wildman–Crippen MR) is 66.5 cm³/mol. The molecular weight excluding hydrogens is 206 g/mol. The van der Waals surface area contributed by atoms with Crippen LogP contribution in [-0.2, 0) is 4.74 Å². The van der Waals surface area contributed by atoms with Crippen molar-refractivity contribution in [3.8, 4) is 0 Å². The van der Waals surface area contributed by atoms with Crippen LogP contribution in [0, 0.1) is 5.92 Å². The maximum absolute atomic E-state index is 5.91. The third-order valence-electron chi connectivity index (χ3n) is 3.53. The van der Waals surface area contributed by atoms with Gasteiger partial charge in [0.15, 0.2) is 0 Å². The van der Waals surface area contributed by atoms with E-state index in [1.54, 1.807) is 0 Å². The summed E-state index contributed by atoms with van der Waals surface area (Å²) in [6, 6.07) is 0.631. The maximum atomic E-state index is 5.91. The van der Waals surface area contributed by atoms with E-state index in [-0.39, 0.29) is 0 Å². The topological polar surface area (TPSA) is 21.3 Å². The quantitative estimate of drug-likeness (QED) is 0.781. The Labute approximate surface area is 97.5 Å². The molecule has 0 spiro atoms. The van der Waals surface area contributed by atoms with E-state index in [2.05, 4.69) is 24.0 Å². The molecule has 1 aliphatic carbocycles. The Bertz CT molecular complexity index is 178. The predicted octanol–water partition coefficient (Wildman–Crippen LogP) is 2.29. The largest absolute Gasteiger partial charge is 0.375 e. The van der Waals surface area contributed by atoms with Gasteiger partial charge in [0, 0.05) is 17.5 Å². The van der Waals surface area contributed by atoms with E-state index in [0.29, 0.717) is 12.1 Å². The van der Waals surface area contributed by atoms with Gasteiger partial charge in [0.25, 0.3) is 0 Å². The molecule has 2 unspecified atom stereocenters. The summed E-state index contributed by atoms with van der Waals surface area (Å²) in [5.74, 6) is 3.26. The smallest absolute Gasteiger partial charge is 0.0821 e. The summed E-state index contributed by atoms with van der Waals surface area (Å²) >= 11 is 2.05. The molecule has 1 saturated heterocycles. The second-order valence-electron chi connectivity index (χ2n) is 4.66. The van der Waals surface area contributed by atoms with Crippen LogP contribution in [0.15, 0.2) is 0 Å². The average molecular weight is 229 g/mol. The highest BCUT2D eigenvalue weighted by molar-refractivity contribution is 7.99. The van der Waals surface area contributed by atoms with Crippen LogP contribution < -0.4 is 5.32 Å². The van der Waals surface area contributed by atoms with Gasteiger partial charge in [-0.05, 0) is 31.7 Å². The van der Waals surface area contributed by atoms with E-state index in [4.69, 9.17) is 4.74 Å². The van der Waals surface area contributed by atoms with Crippen LogP contribution in [0.1, 0.15) is 32.6 Å². The van der Waals surface area contributed by atoms with Crippen molar-refractivity contribution in [3.63, 3.8) is 0 Å². The lowest BCUT2D eigenvalue weighted by Gasteiger charge is -2.40. The lowest BCUT2D eigenvalue weighted by molar-refractivity contribution is 0.0157. The van der Waals surface area contributed by atoms with Gasteiger partial charge in [0.1, 0.15) is 0 Å². The van der Waals surface area contributed by atoms with E-state index >= 15 is 0 Å². The average Bonchev–Trinajstić information content (AvgIpc) is 2.22. The van der Waals surface area contributed by atoms with Crippen molar-refractivity contribution in [1.82, 2.24) is 5.32 Å². The first-order valence-electron chi connectivity index (χ1n) is 6.34. The molecule has 88 valence electrons. The van der Waals surface area contributed by atoms with Crippen molar-refractivity contribution in [2.75, 3.05) is 24.7 Å². The number of thioether (sulfide) groups is 1. The fourth-order valence-electron chi connectivity index (χ4n) is 2.42. The summed E-state index contributed by atoms with van der Waals surface area (Å²) in [6.07, 6.45) is 5.94. The summed E-state index contributed by atoms with van der Waals surface area (Å²) in [5, 5.41) is 3.70. The van der Waals surface area contributed by atoms with Crippen molar-refractivity contribution in [1.29, 1.82) is 0 Å². The summed E-state index contributed by atoms with van der Waals surface area (Å²) in [7, 11) is 0. The van der Waals surface area contributed by atoms with Gasteiger partial charge in [-0.2, -0.15) is 11.8 Å². The van der Waals surface area contributed by atoms with Gasteiger partial charge >= 0.3 is 0 Å². The van der Waals surface area contributed by atoms with Crippen LogP contribution in [0.3, 0.4) is 0 Å². The summed E-state index contributed by atoms with van der Waals surface area (Å²) < 4.78 is 5.91. The van der Waals surface area contributed by atoms with Crippen molar-refractivity contribution in [2.45, 2.75) is 44.8 Å². The maximum Gasteiger partial charge on any atom is 0.0821 e. The fourth-order valence-corrected chi connectivity index (χ4v) is 3.34. The highest BCUT2D eigenvalue weighted by Gasteiger charge is 2.34. The molecule has 1 N–H and O–H groups in total. The first-order chi connectivity index (χ1) is 7.42. The van der Waals surface area contributed by atoms with E-state index in [1.165, 1.54) is 37.2 Å². The van der Waals surface area contributed by atoms with E-state index < -0.39 is 0 Å². The van der Waals surface area contributed by atoms with Crippen LogP contribution in [0.25, 0.3) is 0 Å². The van der Waals surface area contributed by atoms with Crippen LogP contribution >= 0.6 is 11.8 Å². The molecule has 0 aromatic rings. The summed E-state index contributed by atoms with van der Waals surface area (Å²) in [5.41, 5.74) is 0. The molecule has 0 radical (unpaired) electrons. The Morgan fingerprint density at radius 2 is 2.33 bits per heavy atom. The lowest BCUT2D eigenvalue weighted by Crippen LogP contribution is -2.51. The Morgan fingerprint density at radius 1 is 1.47 bits per heavy atom. The van der Waals surface area contributed by atoms with Crippen molar-refractivity contribution >= 4 is 11.8 Å². The van der Waals surface area contributed by atoms with Crippen LogP contribution in [0.2, 0.25) is 0 Å². The molecule has 1 saturated carbocycles. The normalized spacial score (nSPS) is 29.8. The number of rotatable bonds is 5. The molecule has 2 rings (SSSR count). The first kappa shape index (κ1) is 11.7. The Hall–Kier alpha value is 0.270. The zero-order chi connectivity index (χ0) is 10.5. The van der Waals surface area contributed by atoms with Crippen LogP contribution in [0.4, 0.5) is 0 Å². The van der Waals surface area contributed by atoms with Crippen molar-refractivity contribution in [3.05, 3.63) is 0 Å². The van der Waals surface area contributed by atoms with Gasteiger partial charge in [0.05, 0.1) is 12.7 Å². The molecule has 2 nitrogen and oxygen atoms in total. The Morgan fingerprint density at radius 3 is 2.87 bits per heavy atom. The summed E-state index contributed by atoms with van der Waals surface area (Å²) in [4.78, 5) is 0. The highest BCUT2D eigenvalue weighted by atomic mass is 32.2. The first-order valence-corrected chi connectivity index (χ1v) is 7.50. The van der Waals surface area contributed by atoms with Gasteiger partial charge in [-0.15, -0.1) is 0 Å². The molecule has 2 atom stereocenters. The molecule has 1 aliphatic heterocycles. The standard InChI is InChI=1S/C12H23NOS/c1-2-6-13-12(10-4-3-5-10)11-9-15-8-7-14-11/h10-13H,2-9H2,1H3. The number of hydrogen-bond donors (Lipinski definition) is 1. The fraction of sp³-hybridized carbons (Fsp3) is 1.00. The third kappa shape index (κ3) is 3.11. The molecule has 0 aromatic heterocycles. The van der Waals surface area contributed by atoms with Gasteiger partial charge in [-0.25, -0.2) is 0 Å². The lowest BCUT2D eigenvalue weighted by atomic mass is 9.78. The summed E-state index contributed by atoms with van der Waals surface area (Å²) in [6.45, 7) is 4.33. The van der Waals surface area contributed by atoms with E-state index in [0.717, 1.165) is 19.1 Å². The minimum Gasteiger partial charge on any atom is -0.375 e. The van der Waals surface area contributed by atoms with Gasteiger partial charge < -0.3 is 10.1 Å². The van der Waals surface area contributed by atoms with Crippen molar-refractivity contribution < 1.29 is 4.74 Å². The van der Waals surface area contributed by atoms with E-state index in [9.17, 15) is 0 Å². The second-order valence-corrected chi connectivity index (χ2v) is 5.80. The molecular formula is C12H23NOS. The minimum absolute atomic E-state index is 0.473. The number of ether oxygens (including phenoxy) is 1. The Balaban J connectivity index is 1.84. The van der Waals surface area contributed by atoms with Gasteiger partial charge in [0.2, 0.25) is 0 Å². The Kier molecular flexibility index (Phi) is 4.79. The number of hydrogen-bond acceptors (Lipinski definition) is 3. The van der Waals surface area contributed by atoms with Gasteiger partial charge in [-0.1, -0.05) is 13.3 Å². The van der Waals surface area contributed by atoms with Crippen LogP contribution in [-0.4, -0.2) is 36.8 Å². The van der Waals surface area contributed by atoms with Crippen LogP contribution in [0.5, 0.6) is 0 Å². The molecule has 2 fully saturated rings.